The van der Waals surface area contributed by atoms with Crippen LogP contribution in [0, 0.1) is 6.92 Å². The van der Waals surface area contributed by atoms with Crippen LogP contribution < -0.4 is 10.4 Å². The van der Waals surface area contributed by atoms with E-state index in [4.69, 9.17) is 9.15 Å². The molecule has 4 nitrogen and oxygen atoms in total. The van der Waals surface area contributed by atoms with Gasteiger partial charge in [0.15, 0.2) is 0 Å². The van der Waals surface area contributed by atoms with Gasteiger partial charge in [0.1, 0.15) is 11.5 Å². The highest BCUT2D eigenvalue weighted by atomic mass is 16.5. The second-order valence-electron chi connectivity index (χ2n) is 2.64. The molecule has 14 heavy (non-hydrogen) atoms. The lowest BCUT2D eigenvalue weighted by molar-refractivity contribution is -0.129. The van der Waals surface area contributed by atoms with E-state index in [1.165, 1.54) is 12.1 Å². The molecule has 1 aromatic rings. The van der Waals surface area contributed by atoms with Crippen molar-refractivity contribution in [3.05, 3.63) is 40.5 Å². The monoisotopic (exact) mass is 194 g/mol. The summed E-state index contributed by atoms with van der Waals surface area (Å²) < 4.78 is 9.53. The summed E-state index contributed by atoms with van der Waals surface area (Å²) in [7, 11) is 0. The van der Waals surface area contributed by atoms with Crippen LogP contribution in [0.4, 0.5) is 0 Å². The number of carbonyl (C=O) groups excluding carboxylic acids is 1. The molecule has 0 saturated heterocycles. The number of allylic oxidation sites excluding steroid dienone is 1. The number of rotatable bonds is 2. The average Bonchev–Trinajstić information content (AvgIpc) is 2.01. The van der Waals surface area contributed by atoms with E-state index < -0.39 is 11.6 Å². The molecule has 0 aliphatic heterocycles. The molecule has 0 spiro atoms. The van der Waals surface area contributed by atoms with E-state index in [1.54, 1.807) is 19.9 Å². The van der Waals surface area contributed by atoms with Crippen LogP contribution in [0.25, 0.3) is 0 Å². The molecular formula is C10H10O4. The molecule has 0 aromatic carbocycles. The standard InChI is InChI=1S/C10H10O4/c1-3-4-9(11)14-8-5-7(2)13-10(12)6-8/h3-6H,1-2H3/b4-3+. The highest BCUT2D eigenvalue weighted by Gasteiger charge is 2.02. The Hall–Kier alpha value is -1.84. The first-order valence-electron chi connectivity index (χ1n) is 4.08. The Kier molecular flexibility index (Phi) is 3.23. The first kappa shape index (κ1) is 10.2. The lowest BCUT2D eigenvalue weighted by atomic mass is 10.4. The van der Waals surface area contributed by atoms with Gasteiger partial charge in [-0.1, -0.05) is 6.08 Å². The Balaban J connectivity index is 2.87. The maximum absolute atomic E-state index is 11.0. The lowest BCUT2D eigenvalue weighted by Crippen LogP contribution is -2.07. The molecule has 1 rings (SSSR count). The quantitative estimate of drug-likeness (QED) is 0.528. The molecule has 0 N–H and O–H groups in total. The molecule has 0 saturated carbocycles. The topological polar surface area (TPSA) is 56.5 Å². The fraction of sp³-hybridized carbons (Fsp3) is 0.200. The summed E-state index contributed by atoms with van der Waals surface area (Å²) in [5.74, 6) is 0.0835. The van der Waals surface area contributed by atoms with E-state index in [9.17, 15) is 9.59 Å². The highest BCUT2D eigenvalue weighted by molar-refractivity contribution is 5.83. The summed E-state index contributed by atoms with van der Waals surface area (Å²) >= 11 is 0. The number of hydrogen-bond donors (Lipinski definition) is 0. The molecule has 0 fully saturated rings. The predicted octanol–water partition coefficient (Wildman–Crippen LogP) is 1.43. The maximum Gasteiger partial charge on any atom is 0.339 e. The molecule has 0 aliphatic carbocycles. The van der Waals surface area contributed by atoms with Crippen molar-refractivity contribution in [3.8, 4) is 5.75 Å². The van der Waals surface area contributed by atoms with E-state index in [1.807, 2.05) is 0 Å². The maximum atomic E-state index is 11.0. The minimum absolute atomic E-state index is 0.196. The van der Waals surface area contributed by atoms with Gasteiger partial charge in [-0.05, 0) is 13.8 Å². The van der Waals surface area contributed by atoms with Gasteiger partial charge in [-0.15, -0.1) is 0 Å². The summed E-state index contributed by atoms with van der Waals surface area (Å²) in [5.41, 5.74) is -0.534. The highest BCUT2D eigenvalue weighted by Crippen LogP contribution is 2.09. The first-order chi connectivity index (χ1) is 6.61. The van der Waals surface area contributed by atoms with Crippen molar-refractivity contribution in [3.63, 3.8) is 0 Å². The zero-order valence-corrected chi connectivity index (χ0v) is 7.94. The van der Waals surface area contributed by atoms with Crippen LogP contribution in [-0.2, 0) is 4.79 Å². The molecule has 0 bridgehead atoms. The van der Waals surface area contributed by atoms with Crippen LogP contribution in [0.1, 0.15) is 12.7 Å². The average molecular weight is 194 g/mol. The predicted molar refractivity (Wildman–Crippen MR) is 50.2 cm³/mol. The van der Waals surface area contributed by atoms with E-state index in [0.29, 0.717) is 5.76 Å². The summed E-state index contributed by atoms with van der Waals surface area (Å²) in [6, 6.07) is 2.59. The van der Waals surface area contributed by atoms with Gasteiger partial charge < -0.3 is 9.15 Å². The number of aryl methyl sites for hydroxylation is 1. The Bertz CT molecular complexity index is 414. The number of esters is 1. The Morgan fingerprint density at radius 3 is 2.79 bits per heavy atom. The molecule has 0 aliphatic rings. The van der Waals surface area contributed by atoms with Crippen molar-refractivity contribution >= 4 is 5.97 Å². The molecule has 0 radical (unpaired) electrons. The van der Waals surface area contributed by atoms with E-state index >= 15 is 0 Å². The van der Waals surface area contributed by atoms with Gasteiger partial charge in [0.2, 0.25) is 0 Å². The third-order valence-electron chi connectivity index (χ3n) is 1.39. The van der Waals surface area contributed by atoms with Gasteiger partial charge in [-0.25, -0.2) is 9.59 Å². The molecule has 0 unspecified atom stereocenters. The SMILES string of the molecule is C/C=C/C(=O)Oc1cc(C)oc(=O)c1. The molecular weight excluding hydrogens is 184 g/mol. The van der Waals surface area contributed by atoms with Crippen LogP contribution in [0.15, 0.2) is 33.5 Å². The molecule has 4 heteroatoms. The second-order valence-corrected chi connectivity index (χ2v) is 2.64. The third kappa shape index (κ3) is 2.90. The zero-order chi connectivity index (χ0) is 10.6. The van der Waals surface area contributed by atoms with Crippen molar-refractivity contribution in [2.75, 3.05) is 0 Å². The first-order valence-corrected chi connectivity index (χ1v) is 4.08. The summed E-state index contributed by atoms with van der Waals surface area (Å²) in [6.07, 6.45) is 2.82. The van der Waals surface area contributed by atoms with Crippen molar-refractivity contribution in [1.29, 1.82) is 0 Å². The molecule has 1 aromatic heterocycles. The fourth-order valence-electron chi connectivity index (χ4n) is 0.921. The second kappa shape index (κ2) is 4.41. The van der Waals surface area contributed by atoms with Crippen LogP contribution in [0.2, 0.25) is 0 Å². The van der Waals surface area contributed by atoms with E-state index in [-0.39, 0.29) is 5.75 Å². The fourth-order valence-corrected chi connectivity index (χ4v) is 0.921. The van der Waals surface area contributed by atoms with Gasteiger partial charge in [-0.2, -0.15) is 0 Å². The van der Waals surface area contributed by atoms with Crippen molar-refractivity contribution in [1.82, 2.24) is 0 Å². The normalized spacial score (nSPS) is 10.4. The number of carbonyl (C=O) groups is 1. The Labute approximate surface area is 80.8 Å². The Morgan fingerprint density at radius 1 is 1.50 bits per heavy atom. The number of hydrogen-bond acceptors (Lipinski definition) is 4. The molecule has 0 atom stereocenters. The van der Waals surface area contributed by atoms with Gasteiger partial charge in [-0.3, -0.25) is 0 Å². The van der Waals surface area contributed by atoms with E-state index in [2.05, 4.69) is 0 Å². The molecule has 0 amide bonds. The van der Waals surface area contributed by atoms with Crippen LogP contribution in [-0.4, -0.2) is 5.97 Å². The summed E-state index contributed by atoms with van der Waals surface area (Å²) in [6.45, 7) is 3.31. The van der Waals surface area contributed by atoms with Crippen LogP contribution in [0.5, 0.6) is 5.75 Å². The van der Waals surface area contributed by atoms with Gasteiger partial charge in [0.05, 0.1) is 6.07 Å². The van der Waals surface area contributed by atoms with Gasteiger partial charge >= 0.3 is 11.6 Å². The minimum Gasteiger partial charge on any atom is -0.428 e. The van der Waals surface area contributed by atoms with Gasteiger partial charge in [0.25, 0.3) is 0 Å². The van der Waals surface area contributed by atoms with Crippen LogP contribution >= 0.6 is 0 Å². The summed E-state index contributed by atoms with van der Waals surface area (Å²) in [5, 5.41) is 0. The van der Waals surface area contributed by atoms with Gasteiger partial charge in [0, 0.05) is 12.1 Å². The van der Waals surface area contributed by atoms with E-state index in [0.717, 1.165) is 6.07 Å². The summed E-state index contributed by atoms with van der Waals surface area (Å²) in [4.78, 5) is 21.9. The van der Waals surface area contributed by atoms with Crippen molar-refractivity contribution in [2.24, 2.45) is 0 Å². The van der Waals surface area contributed by atoms with Crippen LogP contribution in [0.3, 0.4) is 0 Å². The number of ether oxygens (including phenoxy) is 1. The minimum atomic E-state index is -0.534. The largest absolute Gasteiger partial charge is 0.428 e. The molecule has 74 valence electrons. The van der Waals surface area contributed by atoms with Crippen molar-refractivity contribution in [2.45, 2.75) is 13.8 Å². The lowest BCUT2D eigenvalue weighted by Gasteiger charge is -2.00. The molecule has 1 heterocycles. The smallest absolute Gasteiger partial charge is 0.339 e. The third-order valence-corrected chi connectivity index (χ3v) is 1.39. The zero-order valence-electron chi connectivity index (χ0n) is 7.94. The Morgan fingerprint density at radius 2 is 2.21 bits per heavy atom. The van der Waals surface area contributed by atoms with Crippen molar-refractivity contribution < 1.29 is 13.9 Å².